The predicted octanol–water partition coefficient (Wildman–Crippen LogP) is 1.32. The van der Waals surface area contributed by atoms with Gasteiger partial charge in [0.1, 0.15) is 12.0 Å². The van der Waals surface area contributed by atoms with E-state index >= 15 is 0 Å². The van der Waals surface area contributed by atoms with E-state index in [1.165, 1.54) is 0 Å². The standard InChI is InChI=1S/C13H12F2N2O2/c14-13(15)6-8(13)11(18)17-10-5-7-3-1-2-4-9(7)16-12(10)19/h1-4,8,10H,5-6H2,(H,16,19)(H,17,18). The van der Waals surface area contributed by atoms with Gasteiger partial charge in [-0.05, 0) is 11.6 Å². The number of para-hydroxylation sites is 1. The average molecular weight is 266 g/mol. The van der Waals surface area contributed by atoms with Crippen molar-refractivity contribution in [3.8, 4) is 0 Å². The normalized spacial score (nSPS) is 27.2. The Kier molecular flexibility index (Phi) is 2.55. The van der Waals surface area contributed by atoms with Gasteiger partial charge in [0.25, 0.3) is 5.92 Å². The first-order chi connectivity index (χ1) is 8.97. The van der Waals surface area contributed by atoms with Gasteiger partial charge >= 0.3 is 0 Å². The van der Waals surface area contributed by atoms with Gasteiger partial charge in [-0.1, -0.05) is 18.2 Å². The molecule has 6 heteroatoms. The highest BCUT2D eigenvalue weighted by atomic mass is 19.3. The Morgan fingerprint density at radius 3 is 2.74 bits per heavy atom. The molecule has 2 aliphatic rings. The van der Waals surface area contributed by atoms with Crippen LogP contribution in [0.5, 0.6) is 0 Å². The summed E-state index contributed by atoms with van der Waals surface area (Å²) in [6, 6.07) is 6.44. The minimum Gasteiger partial charge on any atom is -0.344 e. The summed E-state index contributed by atoms with van der Waals surface area (Å²) in [6.45, 7) is 0. The number of halogens is 2. The number of anilines is 1. The fourth-order valence-electron chi connectivity index (χ4n) is 2.24. The maximum Gasteiger partial charge on any atom is 0.260 e. The highest BCUT2D eigenvalue weighted by Crippen LogP contribution is 2.48. The van der Waals surface area contributed by atoms with Crippen LogP contribution >= 0.6 is 0 Å². The molecule has 1 saturated carbocycles. The van der Waals surface area contributed by atoms with Crippen LogP contribution in [0.2, 0.25) is 0 Å². The first kappa shape index (κ1) is 12.1. The van der Waals surface area contributed by atoms with Crippen molar-refractivity contribution >= 4 is 17.5 Å². The van der Waals surface area contributed by atoms with Gasteiger partial charge in [0, 0.05) is 18.5 Å². The molecule has 0 radical (unpaired) electrons. The molecule has 2 amide bonds. The van der Waals surface area contributed by atoms with Gasteiger partial charge in [0.05, 0.1) is 0 Å². The van der Waals surface area contributed by atoms with Crippen LogP contribution in [0.4, 0.5) is 14.5 Å². The van der Waals surface area contributed by atoms with E-state index in [1.807, 2.05) is 12.1 Å². The van der Waals surface area contributed by atoms with E-state index in [4.69, 9.17) is 0 Å². The molecule has 1 aromatic carbocycles. The molecule has 19 heavy (non-hydrogen) atoms. The zero-order valence-electron chi connectivity index (χ0n) is 9.95. The van der Waals surface area contributed by atoms with Gasteiger partial charge in [-0.15, -0.1) is 0 Å². The Bertz CT molecular complexity index is 559. The summed E-state index contributed by atoms with van der Waals surface area (Å²) in [4.78, 5) is 23.4. The number of rotatable bonds is 2. The summed E-state index contributed by atoms with van der Waals surface area (Å²) in [5.74, 6) is -5.30. The zero-order chi connectivity index (χ0) is 13.6. The van der Waals surface area contributed by atoms with E-state index in [9.17, 15) is 18.4 Å². The van der Waals surface area contributed by atoms with Crippen molar-refractivity contribution in [1.82, 2.24) is 5.32 Å². The highest BCUT2D eigenvalue weighted by Gasteiger charge is 2.61. The minimum absolute atomic E-state index is 0.325. The third-order valence-electron chi connectivity index (χ3n) is 3.47. The van der Waals surface area contributed by atoms with Gasteiger partial charge in [-0.25, -0.2) is 8.78 Å². The third kappa shape index (κ3) is 2.18. The molecule has 4 nitrogen and oxygen atoms in total. The molecule has 1 aromatic rings. The Balaban J connectivity index is 1.70. The summed E-state index contributed by atoms with van der Waals surface area (Å²) >= 11 is 0. The Hall–Kier alpha value is -1.98. The fourth-order valence-corrected chi connectivity index (χ4v) is 2.24. The third-order valence-corrected chi connectivity index (χ3v) is 3.47. The summed E-state index contributed by atoms with van der Waals surface area (Å²) in [6.07, 6.45) is -0.101. The van der Waals surface area contributed by atoms with E-state index in [-0.39, 0.29) is 5.91 Å². The molecule has 0 bridgehead atoms. The molecule has 0 aromatic heterocycles. The molecule has 2 atom stereocenters. The lowest BCUT2D eigenvalue weighted by atomic mass is 9.99. The quantitative estimate of drug-likeness (QED) is 0.848. The van der Waals surface area contributed by atoms with Crippen LogP contribution in [0, 0.1) is 5.92 Å². The number of amides is 2. The Morgan fingerprint density at radius 2 is 2.05 bits per heavy atom. The van der Waals surface area contributed by atoms with E-state index in [2.05, 4.69) is 10.6 Å². The number of carbonyl (C=O) groups excluding carboxylic acids is 2. The van der Waals surface area contributed by atoms with Crippen LogP contribution in [-0.4, -0.2) is 23.8 Å². The molecule has 1 aliphatic carbocycles. The SMILES string of the molecule is O=C1Nc2ccccc2CC1NC(=O)C1CC1(F)F. The number of hydrogen-bond donors (Lipinski definition) is 2. The van der Waals surface area contributed by atoms with Crippen LogP contribution < -0.4 is 10.6 Å². The number of benzene rings is 1. The van der Waals surface area contributed by atoms with Crippen molar-refractivity contribution in [2.75, 3.05) is 5.32 Å². The van der Waals surface area contributed by atoms with Gasteiger partial charge in [0.2, 0.25) is 11.8 Å². The first-order valence-corrected chi connectivity index (χ1v) is 6.04. The second kappa shape index (κ2) is 4.01. The molecule has 0 saturated heterocycles. The second-order valence-corrected chi connectivity index (χ2v) is 4.93. The van der Waals surface area contributed by atoms with E-state index in [0.29, 0.717) is 12.1 Å². The van der Waals surface area contributed by atoms with Crippen molar-refractivity contribution in [2.45, 2.75) is 24.8 Å². The maximum atomic E-state index is 12.8. The van der Waals surface area contributed by atoms with Crippen molar-refractivity contribution < 1.29 is 18.4 Å². The molecule has 1 aliphatic heterocycles. The van der Waals surface area contributed by atoms with Crippen molar-refractivity contribution in [1.29, 1.82) is 0 Å². The molecule has 2 unspecified atom stereocenters. The van der Waals surface area contributed by atoms with E-state index < -0.39 is 30.2 Å². The van der Waals surface area contributed by atoms with Crippen LogP contribution in [0.15, 0.2) is 24.3 Å². The summed E-state index contributed by atoms with van der Waals surface area (Å²) in [7, 11) is 0. The summed E-state index contributed by atoms with van der Waals surface area (Å²) in [5, 5.41) is 5.05. The lowest BCUT2D eigenvalue weighted by Crippen LogP contribution is -2.48. The summed E-state index contributed by atoms with van der Waals surface area (Å²) < 4.78 is 25.6. The molecular formula is C13H12F2N2O2. The van der Waals surface area contributed by atoms with E-state index in [0.717, 1.165) is 5.56 Å². The lowest BCUT2D eigenvalue weighted by molar-refractivity contribution is -0.129. The highest BCUT2D eigenvalue weighted by molar-refractivity contribution is 6.00. The van der Waals surface area contributed by atoms with Gasteiger partial charge in [-0.2, -0.15) is 0 Å². The van der Waals surface area contributed by atoms with Crippen LogP contribution in [-0.2, 0) is 16.0 Å². The average Bonchev–Trinajstić information content (AvgIpc) is 2.99. The minimum atomic E-state index is -2.91. The number of hydrogen-bond acceptors (Lipinski definition) is 2. The number of alkyl halides is 2. The van der Waals surface area contributed by atoms with E-state index in [1.54, 1.807) is 12.1 Å². The van der Waals surface area contributed by atoms with Crippen LogP contribution in [0.1, 0.15) is 12.0 Å². The molecule has 0 spiro atoms. The van der Waals surface area contributed by atoms with Crippen molar-refractivity contribution in [3.63, 3.8) is 0 Å². The fraction of sp³-hybridized carbons (Fsp3) is 0.385. The lowest BCUT2D eigenvalue weighted by Gasteiger charge is -2.25. The predicted molar refractivity (Wildman–Crippen MR) is 63.8 cm³/mol. The second-order valence-electron chi connectivity index (χ2n) is 4.93. The van der Waals surface area contributed by atoms with Crippen LogP contribution in [0.3, 0.4) is 0 Å². The summed E-state index contributed by atoms with van der Waals surface area (Å²) in [5.41, 5.74) is 1.59. The molecule has 3 rings (SSSR count). The Morgan fingerprint density at radius 1 is 1.37 bits per heavy atom. The molecule has 1 fully saturated rings. The molecule has 100 valence electrons. The first-order valence-electron chi connectivity index (χ1n) is 6.04. The smallest absolute Gasteiger partial charge is 0.260 e. The topological polar surface area (TPSA) is 58.2 Å². The monoisotopic (exact) mass is 266 g/mol. The number of carbonyl (C=O) groups is 2. The molecule has 2 N–H and O–H groups in total. The maximum absolute atomic E-state index is 12.8. The van der Waals surface area contributed by atoms with Gasteiger partial charge in [0.15, 0.2) is 0 Å². The molecule has 1 heterocycles. The van der Waals surface area contributed by atoms with Crippen molar-refractivity contribution in [3.05, 3.63) is 29.8 Å². The van der Waals surface area contributed by atoms with Crippen molar-refractivity contribution in [2.24, 2.45) is 5.92 Å². The Labute approximate surface area is 108 Å². The zero-order valence-corrected chi connectivity index (χ0v) is 9.95. The largest absolute Gasteiger partial charge is 0.344 e. The number of fused-ring (bicyclic) bond motifs is 1. The number of nitrogens with one attached hydrogen (secondary N) is 2. The van der Waals surface area contributed by atoms with Gasteiger partial charge < -0.3 is 10.6 Å². The van der Waals surface area contributed by atoms with Gasteiger partial charge in [-0.3, -0.25) is 9.59 Å². The van der Waals surface area contributed by atoms with Crippen LogP contribution in [0.25, 0.3) is 0 Å². The molecular weight excluding hydrogens is 254 g/mol.